The number of hydrazone groups is 1. The van der Waals surface area contributed by atoms with Gasteiger partial charge < -0.3 is 10.5 Å². The van der Waals surface area contributed by atoms with Crippen LogP contribution in [0.1, 0.15) is 34.7 Å². The first-order valence-electron chi connectivity index (χ1n) is 7.04. The molecule has 5 heteroatoms. The van der Waals surface area contributed by atoms with Gasteiger partial charge in [-0.1, -0.05) is 35.3 Å². The Morgan fingerprint density at radius 2 is 1.86 bits per heavy atom. The number of nitrogens with zero attached hydrogens (tertiary/aromatic N) is 1. The molecule has 0 bridgehead atoms. The number of phenolic OH excluding ortho intramolecular Hbond substituents is 1. The molecule has 0 aliphatic carbocycles. The third-order valence-corrected chi connectivity index (χ3v) is 4.52. The minimum Gasteiger partial charge on any atom is -0.507 e. The van der Waals surface area contributed by atoms with Gasteiger partial charge in [0, 0.05) is 27.6 Å². The van der Waals surface area contributed by atoms with Gasteiger partial charge in [-0.25, -0.2) is 0 Å². The molecule has 1 atom stereocenters. The van der Waals surface area contributed by atoms with E-state index < -0.39 is 0 Å². The van der Waals surface area contributed by atoms with Crippen LogP contribution in [0.3, 0.4) is 0 Å². The maximum Gasteiger partial charge on any atom is 0.127 e. The molecule has 0 saturated heterocycles. The van der Waals surface area contributed by atoms with Crippen molar-refractivity contribution in [2.75, 3.05) is 0 Å². The van der Waals surface area contributed by atoms with Gasteiger partial charge in [-0.05, 0) is 43.2 Å². The summed E-state index contributed by atoms with van der Waals surface area (Å²) in [4.78, 5) is 0. The van der Waals surface area contributed by atoms with E-state index in [1.165, 1.54) is 0 Å². The predicted octanol–water partition coefficient (Wildman–Crippen LogP) is 4.75. The topological polar surface area (TPSA) is 44.6 Å². The van der Waals surface area contributed by atoms with Crippen LogP contribution in [0.4, 0.5) is 0 Å². The molecule has 0 radical (unpaired) electrons. The van der Waals surface area contributed by atoms with Crippen molar-refractivity contribution in [3.8, 4) is 5.75 Å². The van der Waals surface area contributed by atoms with Crippen LogP contribution in [0, 0.1) is 13.8 Å². The maximum absolute atomic E-state index is 10.3. The molecule has 1 aliphatic rings. The molecule has 1 heterocycles. The molecule has 0 amide bonds. The molecule has 0 spiro atoms. The van der Waals surface area contributed by atoms with Crippen molar-refractivity contribution in [3.63, 3.8) is 0 Å². The van der Waals surface area contributed by atoms with Crippen molar-refractivity contribution < 1.29 is 5.11 Å². The fourth-order valence-corrected chi connectivity index (χ4v) is 3.46. The van der Waals surface area contributed by atoms with Crippen molar-refractivity contribution in [2.24, 2.45) is 5.10 Å². The standard InChI is InChI=1S/C17H16Cl2N2O/c1-9-6-10(2)17(22)11(7-9)14-8-15(21-20-14)16-12(18)4-3-5-13(16)19/h3-7,15,21-22H,8H2,1-2H3. The van der Waals surface area contributed by atoms with E-state index in [1.807, 2.05) is 44.2 Å². The van der Waals surface area contributed by atoms with E-state index >= 15 is 0 Å². The van der Waals surface area contributed by atoms with Crippen LogP contribution < -0.4 is 5.43 Å². The first-order valence-corrected chi connectivity index (χ1v) is 7.79. The quantitative estimate of drug-likeness (QED) is 0.831. The van der Waals surface area contributed by atoms with Crippen LogP contribution in [0.5, 0.6) is 5.75 Å². The summed E-state index contributed by atoms with van der Waals surface area (Å²) in [7, 11) is 0. The summed E-state index contributed by atoms with van der Waals surface area (Å²) < 4.78 is 0. The molecule has 3 nitrogen and oxygen atoms in total. The summed E-state index contributed by atoms with van der Waals surface area (Å²) in [5, 5.41) is 15.9. The monoisotopic (exact) mass is 334 g/mol. The Bertz CT molecular complexity index is 751. The zero-order valence-corrected chi connectivity index (χ0v) is 13.8. The third kappa shape index (κ3) is 2.67. The second-order valence-corrected chi connectivity index (χ2v) is 6.37. The summed E-state index contributed by atoms with van der Waals surface area (Å²) in [6, 6.07) is 9.26. The second-order valence-electron chi connectivity index (χ2n) is 5.56. The van der Waals surface area contributed by atoms with Crippen LogP contribution in [-0.2, 0) is 0 Å². The molecular weight excluding hydrogens is 319 g/mol. The first kappa shape index (κ1) is 15.2. The van der Waals surface area contributed by atoms with Gasteiger partial charge in [0.15, 0.2) is 0 Å². The van der Waals surface area contributed by atoms with Gasteiger partial charge in [0.05, 0.1) is 11.8 Å². The fourth-order valence-electron chi connectivity index (χ4n) is 2.80. The molecule has 2 aromatic rings. The van der Waals surface area contributed by atoms with Crippen molar-refractivity contribution >= 4 is 28.9 Å². The SMILES string of the molecule is Cc1cc(C)c(O)c(C2=NNC(c3c(Cl)cccc3Cl)C2)c1. The maximum atomic E-state index is 10.3. The lowest BCUT2D eigenvalue weighted by atomic mass is 9.96. The second kappa shape index (κ2) is 5.82. The minimum atomic E-state index is -0.0866. The Labute approximate surface area is 139 Å². The Kier molecular flexibility index (Phi) is 4.02. The Balaban J connectivity index is 1.93. The van der Waals surface area contributed by atoms with Gasteiger partial charge in [-0.2, -0.15) is 5.10 Å². The predicted molar refractivity (Wildman–Crippen MR) is 91.1 cm³/mol. The van der Waals surface area contributed by atoms with Crippen molar-refractivity contribution in [2.45, 2.75) is 26.3 Å². The Hall–Kier alpha value is -1.71. The zero-order chi connectivity index (χ0) is 15.9. The molecule has 2 N–H and O–H groups in total. The van der Waals surface area contributed by atoms with Gasteiger partial charge in [-0.3, -0.25) is 0 Å². The van der Waals surface area contributed by atoms with Crippen LogP contribution in [0.15, 0.2) is 35.4 Å². The summed E-state index contributed by atoms with van der Waals surface area (Å²) >= 11 is 12.5. The minimum absolute atomic E-state index is 0.0866. The molecule has 2 aromatic carbocycles. The molecule has 0 aromatic heterocycles. The molecule has 22 heavy (non-hydrogen) atoms. The number of benzene rings is 2. The molecule has 114 valence electrons. The molecule has 0 saturated carbocycles. The van der Waals surface area contributed by atoms with Gasteiger partial charge in [-0.15, -0.1) is 0 Å². The number of aromatic hydroxyl groups is 1. The van der Waals surface area contributed by atoms with Crippen molar-refractivity contribution in [1.29, 1.82) is 0 Å². The lowest BCUT2D eigenvalue weighted by molar-refractivity contribution is 0.469. The molecular formula is C17H16Cl2N2O. The van der Waals surface area contributed by atoms with E-state index in [1.54, 1.807) is 0 Å². The highest BCUT2D eigenvalue weighted by Gasteiger charge is 2.26. The van der Waals surface area contributed by atoms with Gasteiger partial charge in [0.2, 0.25) is 0 Å². The number of phenols is 1. The first-order chi connectivity index (χ1) is 10.5. The highest BCUT2D eigenvalue weighted by Crippen LogP contribution is 2.36. The number of hydrogen-bond donors (Lipinski definition) is 2. The average Bonchev–Trinajstić information content (AvgIpc) is 2.92. The number of hydrogen-bond acceptors (Lipinski definition) is 3. The fraction of sp³-hybridized carbons (Fsp3) is 0.235. The molecule has 1 aliphatic heterocycles. The lowest BCUT2D eigenvalue weighted by Crippen LogP contribution is -2.11. The summed E-state index contributed by atoms with van der Waals surface area (Å²) in [5.74, 6) is 0.275. The summed E-state index contributed by atoms with van der Waals surface area (Å²) in [6.45, 7) is 3.89. The zero-order valence-electron chi connectivity index (χ0n) is 12.3. The van der Waals surface area contributed by atoms with Gasteiger partial charge >= 0.3 is 0 Å². The lowest BCUT2D eigenvalue weighted by Gasteiger charge is -2.14. The van der Waals surface area contributed by atoms with Crippen LogP contribution in [-0.4, -0.2) is 10.8 Å². The largest absolute Gasteiger partial charge is 0.507 e. The number of nitrogens with one attached hydrogen (secondary N) is 1. The molecule has 3 rings (SSSR count). The summed E-state index contributed by atoms with van der Waals surface area (Å²) in [6.07, 6.45) is 0.625. The Morgan fingerprint density at radius 3 is 2.55 bits per heavy atom. The number of aryl methyl sites for hydroxylation is 2. The average molecular weight is 335 g/mol. The molecule has 1 unspecified atom stereocenters. The van der Waals surface area contributed by atoms with E-state index in [0.29, 0.717) is 16.5 Å². The van der Waals surface area contributed by atoms with Gasteiger partial charge in [0.25, 0.3) is 0 Å². The van der Waals surface area contributed by atoms with E-state index in [4.69, 9.17) is 23.2 Å². The van der Waals surface area contributed by atoms with E-state index in [9.17, 15) is 5.11 Å². The van der Waals surface area contributed by atoms with E-state index in [0.717, 1.165) is 28.0 Å². The van der Waals surface area contributed by atoms with Crippen molar-refractivity contribution in [3.05, 3.63) is 62.6 Å². The smallest absolute Gasteiger partial charge is 0.127 e. The number of rotatable bonds is 2. The van der Waals surface area contributed by atoms with Crippen LogP contribution in [0.25, 0.3) is 0 Å². The highest BCUT2D eigenvalue weighted by atomic mass is 35.5. The van der Waals surface area contributed by atoms with Crippen LogP contribution >= 0.6 is 23.2 Å². The summed E-state index contributed by atoms with van der Waals surface area (Å²) in [5.41, 5.74) is 7.42. The van der Waals surface area contributed by atoms with Crippen molar-refractivity contribution in [1.82, 2.24) is 5.43 Å². The Morgan fingerprint density at radius 1 is 1.18 bits per heavy atom. The van der Waals surface area contributed by atoms with Gasteiger partial charge in [0.1, 0.15) is 5.75 Å². The van der Waals surface area contributed by atoms with E-state index in [-0.39, 0.29) is 11.8 Å². The highest BCUT2D eigenvalue weighted by molar-refractivity contribution is 6.36. The van der Waals surface area contributed by atoms with Crippen LogP contribution in [0.2, 0.25) is 10.0 Å². The van der Waals surface area contributed by atoms with E-state index in [2.05, 4.69) is 10.5 Å². The number of halogens is 2. The molecule has 0 fully saturated rings. The third-order valence-electron chi connectivity index (χ3n) is 3.86. The normalized spacial score (nSPS) is 17.3.